The Bertz CT molecular complexity index is 1090. The van der Waals surface area contributed by atoms with E-state index in [1.165, 1.54) is 10.9 Å². The molecule has 0 saturated carbocycles. The summed E-state index contributed by atoms with van der Waals surface area (Å²) < 4.78 is 0. The van der Waals surface area contributed by atoms with Crippen LogP contribution in [0.15, 0.2) is 67.0 Å². The van der Waals surface area contributed by atoms with E-state index in [4.69, 9.17) is 4.98 Å². The summed E-state index contributed by atoms with van der Waals surface area (Å²) in [7, 11) is 3.97. The zero-order chi connectivity index (χ0) is 20.1. The number of hydrogen-bond donors (Lipinski definition) is 1. The smallest absolute Gasteiger partial charge is 0.180 e. The number of pyridine rings is 2. The van der Waals surface area contributed by atoms with Crippen LogP contribution in [0.1, 0.15) is 11.3 Å². The van der Waals surface area contributed by atoms with Crippen molar-refractivity contribution >= 4 is 16.7 Å². The fourth-order valence-electron chi connectivity index (χ4n) is 3.13. The van der Waals surface area contributed by atoms with Crippen LogP contribution in [0, 0.1) is 0 Å². The van der Waals surface area contributed by atoms with Gasteiger partial charge in [-0.05, 0) is 35.9 Å². The first kappa shape index (κ1) is 19.0. The number of nitrogens with one attached hydrogen (secondary N) is 1. The van der Waals surface area contributed by atoms with E-state index in [0.717, 1.165) is 42.2 Å². The molecule has 0 spiro atoms. The number of anilines is 1. The van der Waals surface area contributed by atoms with Gasteiger partial charge in [0.2, 0.25) is 0 Å². The monoisotopic (exact) mass is 384 g/mol. The largest absolute Gasteiger partial charge is 0.363 e. The molecule has 146 valence electrons. The normalized spacial score (nSPS) is 11.0. The Balaban J connectivity index is 1.42. The molecular formula is C23H24N6. The van der Waals surface area contributed by atoms with Gasteiger partial charge in [0, 0.05) is 63.1 Å². The molecule has 0 saturated heterocycles. The fraction of sp³-hybridized carbons (Fsp3) is 0.217. The summed E-state index contributed by atoms with van der Waals surface area (Å²) in [6.07, 6.45) is 4.41. The minimum atomic E-state index is 0.661. The molecule has 3 aromatic heterocycles. The Morgan fingerprint density at radius 2 is 1.79 bits per heavy atom. The first-order valence-corrected chi connectivity index (χ1v) is 9.70. The van der Waals surface area contributed by atoms with Gasteiger partial charge in [-0.1, -0.05) is 18.2 Å². The van der Waals surface area contributed by atoms with Gasteiger partial charge in [-0.3, -0.25) is 9.97 Å². The van der Waals surface area contributed by atoms with Gasteiger partial charge in [-0.2, -0.15) is 0 Å². The van der Waals surface area contributed by atoms with Crippen LogP contribution < -0.4 is 10.2 Å². The molecule has 3 heterocycles. The average Bonchev–Trinajstić information content (AvgIpc) is 2.77. The van der Waals surface area contributed by atoms with E-state index >= 15 is 0 Å². The third kappa shape index (κ3) is 4.73. The predicted octanol–water partition coefficient (Wildman–Crippen LogP) is 3.49. The zero-order valence-corrected chi connectivity index (χ0v) is 16.7. The maximum atomic E-state index is 4.72. The van der Waals surface area contributed by atoms with Crippen molar-refractivity contribution in [1.29, 1.82) is 0 Å². The van der Waals surface area contributed by atoms with E-state index in [9.17, 15) is 0 Å². The minimum absolute atomic E-state index is 0.661. The molecule has 0 fully saturated rings. The second kappa shape index (κ2) is 8.75. The third-order valence-electron chi connectivity index (χ3n) is 4.67. The SMILES string of the molecule is CN(C)c1cc(CCNCc2ccc3ncccc3c2)nc(-c2ccccn2)n1. The summed E-state index contributed by atoms with van der Waals surface area (Å²) in [5.41, 5.74) is 4.06. The van der Waals surface area contributed by atoms with Crippen LogP contribution >= 0.6 is 0 Å². The van der Waals surface area contributed by atoms with Crippen molar-refractivity contribution in [3.05, 3.63) is 78.2 Å². The van der Waals surface area contributed by atoms with E-state index in [2.05, 4.69) is 44.5 Å². The standard InChI is InChI=1S/C23H24N6/c1-29(2)22-15-19(27-23(28-22)21-7-3-4-11-26-21)10-13-24-16-17-8-9-20-18(14-17)6-5-12-25-20/h3-9,11-12,14-15,24H,10,13,16H2,1-2H3. The Morgan fingerprint density at radius 1 is 0.897 bits per heavy atom. The molecule has 0 radical (unpaired) electrons. The van der Waals surface area contributed by atoms with E-state index in [1.807, 2.05) is 55.5 Å². The summed E-state index contributed by atoms with van der Waals surface area (Å²) in [6.45, 7) is 1.64. The highest BCUT2D eigenvalue weighted by molar-refractivity contribution is 5.78. The maximum Gasteiger partial charge on any atom is 0.180 e. The molecule has 0 bridgehead atoms. The Hall–Kier alpha value is -3.38. The first-order valence-electron chi connectivity index (χ1n) is 9.70. The summed E-state index contributed by atoms with van der Waals surface area (Å²) >= 11 is 0. The second-order valence-corrected chi connectivity index (χ2v) is 7.11. The molecule has 0 unspecified atom stereocenters. The second-order valence-electron chi connectivity index (χ2n) is 7.11. The van der Waals surface area contributed by atoms with Crippen LogP contribution in [0.3, 0.4) is 0 Å². The summed E-state index contributed by atoms with van der Waals surface area (Å²) in [6, 6.07) is 18.3. The summed E-state index contributed by atoms with van der Waals surface area (Å²) in [5, 5.41) is 4.68. The Labute approximate surface area is 170 Å². The van der Waals surface area contributed by atoms with Crippen molar-refractivity contribution in [3.63, 3.8) is 0 Å². The molecule has 0 aliphatic rings. The van der Waals surface area contributed by atoms with Crippen molar-refractivity contribution in [2.75, 3.05) is 25.5 Å². The van der Waals surface area contributed by atoms with Crippen molar-refractivity contribution in [3.8, 4) is 11.5 Å². The molecule has 1 aromatic carbocycles. The molecule has 4 aromatic rings. The highest BCUT2D eigenvalue weighted by Crippen LogP contribution is 2.18. The molecule has 6 nitrogen and oxygen atoms in total. The predicted molar refractivity (Wildman–Crippen MR) is 117 cm³/mol. The van der Waals surface area contributed by atoms with Crippen LogP contribution in [0.5, 0.6) is 0 Å². The number of benzene rings is 1. The molecule has 1 N–H and O–H groups in total. The fourth-order valence-corrected chi connectivity index (χ4v) is 3.13. The number of fused-ring (bicyclic) bond motifs is 1. The molecule has 29 heavy (non-hydrogen) atoms. The van der Waals surface area contributed by atoms with Crippen LogP contribution in [0.2, 0.25) is 0 Å². The van der Waals surface area contributed by atoms with E-state index in [0.29, 0.717) is 5.82 Å². The van der Waals surface area contributed by atoms with Gasteiger partial charge in [-0.15, -0.1) is 0 Å². The Kier molecular flexibility index (Phi) is 5.72. The Morgan fingerprint density at radius 3 is 2.62 bits per heavy atom. The topological polar surface area (TPSA) is 66.8 Å². The van der Waals surface area contributed by atoms with E-state index in [1.54, 1.807) is 6.20 Å². The van der Waals surface area contributed by atoms with Crippen molar-refractivity contribution < 1.29 is 0 Å². The van der Waals surface area contributed by atoms with Crippen molar-refractivity contribution in [2.45, 2.75) is 13.0 Å². The molecular weight excluding hydrogens is 360 g/mol. The highest BCUT2D eigenvalue weighted by Gasteiger charge is 2.09. The van der Waals surface area contributed by atoms with Crippen LogP contribution in [0.25, 0.3) is 22.4 Å². The third-order valence-corrected chi connectivity index (χ3v) is 4.67. The number of hydrogen-bond acceptors (Lipinski definition) is 6. The van der Waals surface area contributed by atoms with Gasteiger partial charge >= 0.3 is 0 Å². The van der Waals surface area contributed by atoms with Gasteiger partial charge in [0.05, 0.1) is 5.52 Å². The van der Waals surface area contributed by atoms with Gasteiger partial charge in [0.15, 0.2) is 5.82 Å². The molecule has 6 heteroatoms. The molecule has 4 rings (SSSR count). The van der Waals surface area contributed by atoms with Crippen molar-refractivity contribution in [2.24, 2.45) is 0 Å². The maximum absolute atomic E-state index is 4.72. The van der Waals surface area contributed by atoms with Gasteiger partial charge in [-0.25, -0.2) is 9.97 Å². The molecule has 0 amide bonds. The lowest BCUT2D eigenvalue weighted by molar-refractivity contribution is 0.679. The minimum Gasteiger partial charge on any atom is -0.363 e. The first-order chi connectivity index (χ1) is 14.2. The number of nitrogens with zero attached hydrogens (tertiary/aromatic N) is 5. The molecule has 0 atom stereocenters. The average molecular weight is 384 g/mol. The number of rotatable bonds is 7. The van der Waals surface area contributed by atoms with Crippen LogP contribution in [0.4, 0.5) is 5.82 Å². The quantitative estimate of drug-likeness (QED) is 0.492. The lowest BCUT2D eigenvalue weighted by atomic mass is 10.1. The van der Waals surface area contributed by atoms with E-state index in [-0.39, 0.29) is 0 Å². The molecule has 0 aliphatic heterocycles. The van der Waals surface area contributed by atoms with Gasteiger partial charge < -0.3 is 10.2 Å². The van der Waals surface area contributed by atoms with Crippen LogP contribution in [-0.4, -0.2) is 40.6 Å². The zero-order valence-electron chi connectivity index (χ0n) is 16.7. The molecule has 0 aliphatic carbocycles. The lowest BCUT2D eigenvalue weighted by Crippen LogP contribution is -2.18. The van der Waals surface area contributed by atoms with E-state index < -0.39 is 0 Å². The van der Waals surface area contributed by atoms with Gasteiger partial charge in [0.1, 0.15) is 11.5 Å². The van der Waals surface area contributed by atoms with Crippen LogP contribution in [-0.2, 0) is 13.0 Å². The lowest BCUT2D eigenvalue weighted by Gasteiger charge is -2.14. The number of aromatic nitrogens is 4. The highest BCUT2D eigenvalue weighted by atomic mass is 15.2. The summed E-state index contributed by atoms with van der Waals surface area (Å²) in [4.78, 5) is 20.1. The van der Waals surface area contributed by atoms with Crippen molar-refractivity contribution in [1.82, 2.24) is 25.3 Å². The van der Waals surface area contributed by atoms with Gasteiger partial charge in [0.25, 0.3) is 0 Å². The summed E-state index contributed by atoms with van der Waals surface area (Å²) in [5.74, 6) is 1.55.